The highest BCUT2D eigenvalue weighted by atomic mass is 16.5. The molecule has 3 rings (SSSR count). The maximum absolute atomic E-state index is 9.32. The van der Waals surface area contributed by atoms with Crippen LogP contribution in [0.2, 0.25) is 0 Å². The summed E-state index contributed by atoms with van der Waals surface area (Å²) in [6.45, 7) is 2.44. The number of nitrogens with zero attached hydrogens (tertiary/aromatic N) is 3. The average molecular weight is 315 g/mol. The molecule has 0 N–H and O–H groups in total. The van der Waals surface area contributed by atoms with E-state index in [9.17, 15) is 5.26 Å². The number of hydrogen-bond acceptors (Lipinski definition) is 4. The lowest BCUT2D eigenvalue weighted by Crippen LogP contribution is -2.06. The monoisotopic (exact) mass is 315 g/mol. The molecule has 3 aromatic rings. The van der Waals surface area contributed by atoms with Gasteiger partial charge in [-0.25, -0.2) is 4.98 Å². The van der Waals surface area contributed by atoms with Gasteiger partial charge in [-0.1, -0.05) is 36.4 Å². The SMILES string of the molecule is Cc1c(-c2cccnc2)cnc(C#N)c1OCCc1ccccc1. The molecule has 0 aliphatic rings. The van der Waals surface area contributed by atoms with Crippen LogP contribution in [0, 0.1) is 18.3 Å². The van der Waals surface area contributed by atoms with Crippen LogP contribution < -0.4 is 4.74 Å². The number of nitriles is 1. The molecule has 24 heavy (non-hydrogen) atoms. The van der Waals surface area contributed by atoms with E-state index in [0.717, 1.165) is 23.1 Å². The van der Waals surface area contributed by atoms with Crippen LogP contribution in [-0.4, -0.2) is 16.6 Å². The summed E-state index contributed by atoms with van der Waals surface area (Å²) >= 11 is 0. The van der Waals surface area contributed by atoms with Crippen LogP contribution >= 0.6 is 0 Å². The van der Waals surface area contributed by atoms with E-state index >= 15 is 0 Å². The summed E-state index contributed by atoms with van der Waals surface area (Å²) in [7, 11) is 0. The smallest absolute Gasteiger partial charge is 0.182 e. The summed E-state index contributed by atoms with van der Waals surface area (Å²) in [5, 5.41) is 9.32. The Bertz CT molecular complexity index is 855. The number of aromatic nitrogens is 2. The topological polar surface area (TPSA) is 58.8 Å². The van der Waals surface area contributed by atoms with E-state index in [2.05, 4.69) is 28.2 Å². The first-order chi connectivity index (χ1) is 11.8. The summed E-state index contributed by atoms with van der Waals surface area (Å²) in [6.07, 6.45) is 5.99. The Morgan fingerprint density at radius 1 is 1.08 bits per heavy atom. The Morgan fingerprint density at radius 3 is 2.62 bits per heavy atom. The molecule has 0 saturated carbocycles. The lowest BCUT2D eigenvalue weighted by Gasteiger charge is -2.13. The standard InChI is InChI=1S/C20H17N3O/c1-15-18(17-8-5-10-22-13-17)14-23-19(12-21)20(15)24-11-9-16-6-3-2-4-7-16/h2-8,10,13-14H,9,11H2,1H3. The Morgan fingerprint density at radius 2 is 1.92 bits per heavy atom. The summed E-state index contributed by atoms with van der Waals surface area (Å²) in [5.41, 5.74) is 4.30. The van der Waals surface area contributed by atoms with Crippen molar-refractivity contribution in [3.63, 3.8) is 0 Å². The lowest BCUT2D eigenvalue weighted by molar-refractivity contribution is 0.317. The molecule has 4 heteroatoms. The van der Waals surface area contributed by atoms with Crippen molar-refractivity contribution in [3.8, 4) is 22.9 Å². The fourth-order valence-corrected chi connectivity index (χ4v) is 2.57. The van der Waals surface area contributed by atoms with Gasteiger partial charge in [0.15, 0.2) is 11.4 Å². The second-order valence-electron chi connectivity index (χ2n) is 5.41. The zero-order valence-corrected chi connectivity index (χ0v) is 13.4. The second kappa shape index (κ2) is 7.38. The Labute approximate surface area is 141 Å². The minimum atomic E-state index is 0.313. The van der Waals surface area contributed by atoms with Gasteiger partial charge in [0.25, 0.3) is 0 Å². The van der Waals surface area contributed by atoms with Crippen molar-refractivity contribution >= 4 is 0 Å². The first-order valence-electron chi connectivity index (χ1n) is 7.76. The highest BCUT2D eigenvalue weighted by molar-refractivity contribution is 5.69. The van der Waals surface area contributed by atoms with Gasteiger partial charge in [-0.2, -0.15) is 5.26 Å². The van der Waals surface area contributed by atoms with E-state index in [4.69, 9.17) is 4.74 Å². The maximum atomic E-state index is 9.32. The molecule has 0 amide bonds. The maximum Gasteiger partial charge on any atom is 0.182 e. The molecule has 0 radical (unpaired) electrons. The van der Waals surface area contributed by atoms with Gasteiger partial charge in [0.1, 0.15) is 6.07 Å². The number of ether oxygens (including phenoxy) is 1. The summed E-state index contributed by atoms with van der Waals surface area (Å²) < 4.78 is 5.92. The second-order valence-corrected chi connectivity index (χ2v) is 5.41. The fourth-order valence-electron chi connectivity index (χ4n) is 2.57. The number of rotatable bonds is 5. The quantitative estimate of drug-likeness (QED) is 0.715. The molecule has 118 valence electrons. The van der Waals surface area contributed by atoms with Crippen molar-refractivity contribution in [1.82, 2.24) is 9.97 Å². The minimum absolute atomic E-state index is 0.313. The zero-order valence-electron chi connectivity index (χ0n) is 13.4. The van der Waals surface area contributed by atoms with Crippen molar-refractivity contribution in [3.05, 3.63) is 77.9 Å². The molecule has 0 unspecified atom stereocenters. The van der Waals surface area contributed by atoms with E-state index in [0.29, 0.717) is 18.1 Å². The van der Waals surface area contributed by atoms with E-state index in [1.54, 1.807) is 18.6 Å². The first kappa shape index (κ1) is 15.7. The van der Waals surface area contributed by atoms with E-state index < -0.39 is 0 Å². The van der Waals surface area contributed by atoms with Gasteiger partial charge in [0.05, 0.1) is 6.61 Å². The fraction of sp³-hybridized carbons (Fsp3) is 0.150. The third-order valence-electron chi connectivity index (χ3n) is 3.84. The van der Waals surface area contributed by atoms with E-state index in [1.165, 1.54) is 5.56 Å². The molecule has 0 aliphatic heterocycles. The number of hydrogen-bond donors (Lipinski definition) is 0. The van der Waals surface area contributed by atoms with Crippen molar-refractivity contribution in [2.45, 2.75) is 13.3 Å². The van der Waals surface area contributed by atoms with E-state index in [-0.39, 0.29) is 0 Å². The highest BCUT2D eigenvalue weighted by Gasteiger charge is 2.14. The molecule has 0 bridgehead atoms. The molecule has 0 atom stereocenters. The molecular formula is C20H17N3O. The Balaban J connectivity index is 1.84. The molecule has 2 aromatic heterocycles. The predicted octanol–water partition coefficient (Wildman–Crippen LogP) is 3.95. The van der Waals surface area contributed by atoms with Gasteiger partial charge in [0, 0.05) is 41.7 Å². The van der Waals surface area contributed by atoms with Gasteiger partial charge in [-0.05, 0) is 18.6 Å². The Kier molecular flexibility index (Phi) is 4.83. The molecular weight excluding hydrogens is 298 g/mol. The number of pyridine rings is 2. The lowest BCUT2D eigenvalue weighted by atomic mass is 10.0. The van der Waals surface area contributed by atoms with Gasteiger partial charge in [-0.15, -0.1) is 0 Å². The van der Waals surface area contributed by atoms with Crippen LogP contribution in [0.25, 0.3) is 11.1 Å². The van der Waals surface area contributed by atoms with Gasteiger partial charge < -0.3 is 4.74 Å². The predicted molar refractivity (Wildman–Crippen MR) is 92.6 cm³/mol. The molecule has 2 heterocycles. The van der Waals surface area contributed by atoms with Crippen LogP contribution in [-0.2, 0) is 6.42 Å². The molecule has 0 spiro atoms. The van der Waals surface area contributed by atoms with Crippen molar-refractivity contribution in [2.75, 3.05) is 6.61 Å². The van der Waals surface area contributed by atoms with Crippen LogP contribution in [0.1, 0.15) is 16.8 Å². The summed E-state index contributed by atoms with van der Waals surface area (Å²) in [4.78, 5) is 8.39. The first-order valence-corrected chi connectivity index (χ1v) is 7.76. The van der Waals surface area contributed by atoms with Crippen LogP contribution in [0.5, 0.6) is 5.75 Å². The van der Waals surface area contributed by atoms with E-state index in [1.807, 2.05) is 37.3 Å². The van der Waals surface area contributed by atoms with Gasteiger partial charge in [-0.3, -0.25) is 4.98 Å². The molecule has 0 aliphatic carbocycles. The Hall–Kier alpha value is -3.19. The third-order valence-corrected chi connectivity index (χ3v) is 3.84. The molecule has 0 saturated heterocycles. The van der Waals surface area contributed by atoms with Gasteiger partial charge >= 0.3 is 0 Å². The largest absolute Gasteiger partial charge is 0.490 e. The average Bonchev–Trinajstić information content (AvgIpc) is 2.64. The normalized spacial score (nSPS) is 10.2. The number of benzene rings is 1. The van der Waals surface area contributed by atoms with Crippen LogP contribution in [0.4, 0.5) is 0 Å². The van der Waals surface area contributed by atoms with Crippen molar-refractivity contribution < 1.29 is 4.74 Å². The molecule has 4 nitrogen and oxygen atoms in total. The third kappa shape index (κ3) is 3.41. The molecule has 1 aromatic carbocycles. The summed E-state index contributed by atoms with van der Waals surface area (Å²) in [5.74, 6) is 0.551. The van der Waals surface area contributed by atoms with Crippen LogP contribution in [0.3, 0.4) is 0 Å². The minimum Gasteiger partial charge on any atom is -0.490 e. The summed E-state index contributed by atoms with van der Waals surface area (Å²) in [6, 6.07) is 16.1. The van der Waals surface area contributed by atoms with Crippen LogP contribution in [0.15, 0.2) is 61.1 Å². The molecule has 0 fully saturated rings. The zero-order chi connectivity index (χ0) is 16.8. The van der Waals surface area contributed by atoms with Gasteiger partial charge in [0.2, 0.25) is 0 Å². The highest BCUT2D eigenvalue weighted by Crippen LogP contribution is 2.31. The van der Waals surface area contributed by atoms with Crippen molar-refractivity contribution in [1.29, 1.82) is 5.26 Å². The van der Waals surface area contributed by atoms with Crippen molar-refractivity contribution in [2.24, 2.45) is 0 Å².